The highest BCUT2D eigenvalue weighted by Crippen LogP contribution is 2.33. The smallest absolute Gasteiger partial charge is 0.300 e. The van der Waals surface area contributed by atoms with Crippen molar-refractivity contribution in [3.05, 3.63) is 53.6 Å². The van der Waals surface area contributed by atoms with Gasteiger partial charge in [0.25, 0.3) is 11.7 Å². The van der Waals surface area contributed by atoms with Gasteiger partial charge in [-0.05, 0) is 43.2 Å². The lowest BCUT2D eigenvalue weighted by Gasteiger charge is -2.24. The minimum Gasteiger partial charge on any atom is -0.489 e. The van der Waals surface area contributed by atoms with Gasteiger partial charge in [0.2, 0.25) is 10.0 Å². The average Bonchev–Trinajstić information content (AvgIpc) is 3.33. The number of ether oxygens (including phenoxy) is 1. The van der Waals surface area contributed by atoms with Crippen LogP contribution in [0, 0.1) is 24.0 Å². The van der Waals surface area contributed by atoms with Crippen molar-refractivity contribution in [2.24, 2.45) is 0 Å². The molecule has 32 heavy (non-hydrogen) atoms. The Labute approximate surface area is 183 Å². The summed E-state index contributed by atoms with van der Waals surface area (Å²) in [5, 5.41) is 0. The Bertz CT molecular complexity index is 1260. The molecule has 2 aromatic carbocycles. The summed E-state index contributed by atoms with van der Waals surface area (Å²) in [5.74, 6) is -1.13. The highest BCUT2D eigenvalue weighted by atomic mass is 32.2. The maximum Gasteiger partial charge on any atom is 0.300 e. The number of Topliss-reactive ketones (excluding diaryl/α,β-unsaturated/α-hetero) is 1. The minimum absolute atomic E-state index is 0.0216. The van der Waals surface area contributed by atoms with Crippen molar-refractivity contribution < 1.29 is 31.5 Å². The average molecular weight is 460 g/mol. The summed E-state index contributed by atoms with van der Waals surface area (Å²) in [7, 11) is -4.02. The van der Waals surface area contributed by atoms with Gasteiger partial charge in [0, 0.05) is 12.6 Å². The molecular formula is C22H18F2N2O5S. The lowest BCUT2D eigenvalue weighted by molar-refractivity contribution is -0.114. The Hall–Kier alpha value is -3.29. The van der Waals surface area contributed by atoms with E-state index in [1.165, 1.54) is 22.5 Å². The molecule has 0 spiro atoms. The molecular weight excluding hydrogens is 442 g/mol. The highest BCUT2D eigenvalue weighted by molar-refractivity contribution is 7.89. The van der Waals surface area contributed by atoms with Crippen LogP contribution in [0.5, 0.6) is 5.75 Å². The van der Waals surface area contributed by atoms with E-state index in [9.17, 15) is 26.8 Å². The molecule has 1 atom stereocenters. The summed E-state index contributed by atoms with van der Waals surface area (Å²) in [6.45, 7) is -0.00925. The van der Waals surface area contributed by atoms with Gasteiger partial charge in [0.1, 0.15) is 12.4 Å². The van der Waals surface area contributed by atoms with Crippen LogP contribution in [0.15, 0.2) is 41.3 Å². The van der Waals surface area contributed by atoms with E-state index in [1.807, 2.05) is 0 Å². The number of amides is 1. The van der Waals surface area contributed by atoms with Gasteiger partial charge in [0.05, 0.1) is 28.7 Å². The quantitative estimate of drug-likeness (QED) is 0.488. The number of halogens is 2. The molecule has 0 radical (unpaired) electrons. The fourth-order valence-electron chi connectivity index (χ4n) is 3.89. The van der Waals surface area contributed by atoms with Gasteiger partial charge in [-0.3, -0.25) is 14.5 Å². The molecule has 0 N–H and O–H groups in total. The van der Waals surface area contributed by atoms with E-state index in [-0.39, 0.29) is 41.6 Å². The Morgan fingerprint density at radius 2 is 1.94 bits per heavy atom. The number of terminal acetylenes is 1. The maximum atomic E-state index is 13.8. The molecule has 2 aliphatic heterocycles. The van der Waals surface area contributed by atoms with Gasteiger partial charge in [-0.25, -0.2) is 17.2 Å². The SMILES string of the molecule is C#CCN1C(=O)C(=O)c2cc(S(=O)(=O)N3CCC[C@H]3COc3ccc(F)cc3F)ccc21. The topological polar surface area (TPSA) is 84.0 Å². The summed E-state index contributed by atoms with van der Waals surface area (Å²) < 4.78 is 60.1. The first-order chi connectivity index (χ1) is 15.2. The van der Waals surface area contributed by atoms with E-state index in [1.54, 1.807) is 0 Å². The van der Waals surface area contributed by atoms with E-state index in [0.29, 0.717) is 18.9 Å². The maximum absolute atomic E-state index is 13.8. The number of hydrogen-bond donors (Lipinski definition) is 0. The number of benzene rings is 2. The zero-order valence-electron chi connectivity index (χ0n) is 16.8. The molecule has 1 fully saturated rings. The second kappa shape index (κ2) is 8.33. The first-order valence-electron chi connectivity index (χ1n) is 9.77. The third-order valence-corrected chi connectivity index (χ3v) is 7.39. The molecule has 2 aliphatic rings. The molecule has 4 rings (SSSR count). The Morgan fingerprint density at radius 1 is 1.16 bits per heavy atom. The van der Waals surface area contributed by atoms with Crippen LogP contribution >= 0.6 is 0 Å². The number of rotatable bonds is 6. The third kappa shape index (κ3) is 3.74. The predicted octanol–water partition coefficient (Wildman–Crippen LogP) is 2.36. The Kier molecular flexibility index (Phi) is 5.71. The summed E-state index contributed by atoms with van der Waals surface area (Å²) >= 11 is 0. The van der Waals surface area contributed by atoms with Crippen molar-refractivity contribution in [3.8, 4) is 18.1 Å². The van der Waals surface area contributed by atoms with E-state index in [4.69, 9.17) is 11.2 Å². The highest BCUT2D eigenvalue weighted by Gasteiger charge is 2.39. The molecule has 10 heteroatoms. The molecule has 0 unspecified atom stereocenters. The number of anilines is 1. The van der Waals surface area contributed by atoms with Crippen LogP contribution in [-0.2, 0) is 14.8 Å². The molecule has 2 heterocycles. The van der Waals surface area contributed by atoms with Crippen LogP contribution in [0.4, 0.5) is 14.5 Å². The Morgan fingerprint density at radius 3 is 2.66 bits per heavy atom. The van der Waals surface area contributed by atoms with Gasteiger partial charge in [-0.1, -0.05) is 5.92 Å². The van der Waals surface area contributed by atoms with Gasteiger partial charge in [-0.2, -0.15) is 4.31 Å². The van der Waals surface area contributed by atoms with Crippen LogP contribution in [0.3, 0.4) is 0 Å². The number of sulfonamides is 1. The lowest BCUT2D eigenvalue weighted by Crippen LogP contribution is -2.39. The van der Waals surface area contributed by atoms with Crippen LogP contribution in [0.2, 0.25) is 0 Å². The van der Waals surface area contributed by atoms with Gasteiger partial charge in [-0.15, -0.1) is 6.42 Å². The molecule has 0 saturated carbocycles. The van der Waals surface area contributed by atoms with Gasteiger partial charge in [0.15, 0.2) is 11.6 Å². The standard InChI is InChI=1S/C22H18F2N2O5S/c1-2-9-25-19-7-6-16(12-17(19)21(27)22(25)28)32(29,30)26-10-3-4-15(26)13-31-20-8-5-14(23)11-18(20)24/h1,5-8,11-12,15H,3-4,9-10,13H2/t15-/m0/s1. The summed E-state index contributed by atoms with van der Waals surface area (Å²) in [4.78, 5) is 25.4. The molecule has 7 nitrogen and oxygen atoms in total. The molecule has 0 aromatic heterocycles. The molecule has 1 amide bonds. The monoisotopic (exact) mass is 460 g/mol. The number of carbonyl (C=O) groups is 2. The third-order valence-electron chi connectivity index (χ3n) is 5.45. The fourth-order valence-corrected chi connectivity index (χ4v) is 5.60. The molecule has 0 aliphatic carbocycles. The number of carbonyl (C=O) groups excluding carboxylic acids is 2. The zero-order valence-corrected chi connectivity index (χ0v) is 17.6. The second-order valence-electron chi connectivity index (χ2n) is 7.40. The fraction of sp³-hybridized carbons (Fsp3) is 0.273. The zero-order chi connectivity index (χ0) is 23.0. The molecule has 166 valence electrons. The minimum atomic E-state index is -4.02. The molecule has 2 aromatic rings. The normalized spacial score (nSPS) is 18.7. The van der Waals surface area contributed by atoms with E-state index in [0.717, 1.165) is 17.0 Å². The summed E-state index contributed by atoms with van der Waals surface area (Å²) in [5.41, 5.74) is 0.247. The number of nitrogens with zero attached hydrogens (tertiary/aromatic N) is 2. The van der Waals surface area contributed by atoms with Crippen molar-refractivity contribution in [1.29, 1.82) is 0 Å². The Balaban J connectivity index is 1.57. The predicted molar refractivity (Wildman–Crippen MR) is 111 cm³/mol. The number of hydrogen-bond acceptors (Lipinski definition) is 5. The van der Waals surface area contributed by atoms with Crippen molar-refractivity contribution in [3.63, 3.8) is 0 Å². The molecule has 0 bridgehead atoms. The largest absolute Gasteiger partial charge is 0.489 e. The number of fused-ring (bicyclic) bond motifs is 1. The first-order valence-corrected chi connectivity index (χ1v) is 11.2. The van der Waals surface area contributed by atoms with Crippen LogP contribution in [0.1, 0.15) is 23.2 Å². The summed E-state index contributed by atoms with van der Waals surface area (Å²) in [6, 6.07) is 6.18. The van der Waals surface area contributed by atoms with Crippen molar-refractivity contribution in [2.45, 2.75) is 23.8 Å². The van der Waals surface area contributed by atoms with Gasteiger partial charge >= 0.3 is 0 Å². The molecule has 1 saturated heterocycles. The lowest BCUT2D eigenvalue weighted by atomic mass is 10.1. The van der Waals surface area contributed by atoms with E-state index in [2.05, 4.69) is 5.92 Å². The van der Waals surface area contributed by atoms with Crippen LogP contribution in [0.25, 0.3) is 0 Å². The van der Waals surface area contributed by atoms with Crippen molar-refractivity contribution in [1.82, 2.24) is 4.31 Å². The summed E-state index contributed by atoms with van der Waals surface area (Å²) in [6.07, 6.45) is 6.30. The number of ketones is 1. The van der Waals surface area contributed by atoms with Crippen molar-refractivity contribution >= 4 is 27.4 Å². The van der Waals surface area contributed by atoms with Crippen LogP contribution in [-0.4, -0.2) is 50.2 Å². The second-order valence-corrected chi connectivity index (χ2v) is 9.29. The van der Waals surface area contributed by atoms with Crippen molar-refractivity contribution in [2.75, 3.05) is 24.6 Å². The van der Waals surface area contributed by atoms with E-state index < -0.39 is 39.4 Å². The van der Waals surface area contributed by atoms with Gasteiger partial charge < -0.3 is 4.74 Å². The van der Waals surface area contributed by atoms with E-state index >= 15 is 0 Å². The van der Waals surface area contributed by atoms with Crippen LogP contribution < -0.4 is 9.64 Å². The first kappa shape index (κ1) is 21.9.